The molecule has 0 bridgehead atoms. The molecule has 4 heteroatoms. The van der Waals surface area contributed by atoms with Gasteiger partial charge in [-0.15, -0.1) is 0 Å². The van der Waals surface area contributed by atoms with Gasteiger partial charge < -0.3 is 14.6 Å². The average Bonchev–Trinajstić information content (AvgIpc) is 2.14. The number of aliphatic hydroxyl groups is 1. The van der Waals surface area contributed by atoms with Crippen molar-refractivity contribution in [1.29, 1.82) is 0 Å². The SMILES string of the molecule is [B][C@@H](CO)CC(OC)C(C)COC. The highest BCUT2D eigenvalue weighted by Crippen LogP contribution is 2.17. The summed E-state index contributed by atoms with van der Waals surface area (Å²) in [5.74, 6) is 0.0943. The molecule has 0 aliphatic heterocycles. The van der Waals surface area contributed by atoms with Gasteiger partial charge in [-0.25, -0.2) is 0 Å². The Morgan fingerprint density at radius 1 is 1.38 bits per heavy atom. The lowest BCUT2D eigenvalue weighted by molar-refractivity contribution is 0.0137. The lowest BCUT2D eigenvalue weighted by Crippen LogP contribution is -2.26. The van der Waals surface area contributed by atoms with E-state index in [1.54, 1.807) is 14.2 Å². The van der Waals surface area contributed by atoms with Crippen molar-refractivity contribution in [3.63, 3.8) is 0 Å². The third-order valence-electron chi connectivity index (χ3n) is 2.14. The molecule has 1 N–H and O–H groups in total. The Kier molecular flexibility index (Phi) is 7.33. The first kappa shape index (κ1) is 12.9. The third-order valence-corrected chi connectivity index (χ3v) is 2.14. The minimum absolute atomic E-state index is 0.000434. The number of aliphatic hydroxyl groups excluding tert-OH is 1. The molecule has 76 valence electrons. The fourth-order valence-electron chi connectivity index (χ4n) is 1.30. The molecule has 0 aromatic heterocycles. The van der Waals surface area contributed by atoms with Gasteiger partial charge in [-0.3, -0.25) is 0 Å². The van der Waals surface area contributed by atoms with Crippen molar-refractivity contribution in [2.75, 3.05) is 27.4 Å². The molecule has 0 aromatic carbocycles. The number of hydrogen-bond donors (Lipinski definition) is 1. The summed E-state index contributed by atoms with van der Waals surface area (Å²) in [7, 11) is 8.93. The largest absolute Gasteiger partial charge is 0.397 e. The molecule has 3 atom stereocenters. The van der Waals surface area contributed by atoms with Crippen LogP contribution in [-0.2, 0) is 9.47 Å². The lowest BCUT2D eigenvalue weighted by Gasteiger charge is -2.24. The number of methoxy groups -OCH3 is 2. The van der Waals surface area contributed by atoms with Crippen molar-refractivity contribution >= 4 is 7.85 Å². The van der Waals surface area contributed by atoms with Crippen LogP contribution in [0.25, 0.3) is 0 Å². The van der Waals surface area contributed by atoms with Gasteiger partial charge in [-0.1, -0.05) is 12.7 Å². The second-order valence-corrected chi connectivity index (χ2v) is 3.39. The molecule has 0 aromatic rings. The van der Waals surface area contributed by atoms with Crippen LogP contribution in [0.2, 0.25) is 5.82 Å². The Balaban J connectivity index is 3.86. The molecule has 2 radical (unpaired) electrons. The summed E-state index contributed by atoms with van der Waals surface area (Å²) in [5.41, 5.74) is 0. The van der Waals surface area contributed by atoms with Crippen LogP contribution in [0.3, 0.4) is 0 Å². The number of hydrogen-bond acceptors (Lipinski definition) is 3. The highest BCUT2D eigenvalue weighted by atomic mass is 16.5. The van der Waals surface area contributed by atoms with E-state index < -0.39 is 0 Å². The highest BCUT2D eigenvalue weighted by Gasteiger charge is 2.18. The molecule has 0 aliphatic rings. The van der Waals surface area contributed by atoms with E-state index in [1.807, 2.05) is 6.92 Å². The second kappa shape index (κ2) is 7.36. The average molecular weight is 186 g/mol. The summed E-state index contributed by atoms with van der Waals surface area (Å²) in [4.78, 5) is 0. The fourth-order valence-corrected chi connectivity index (χ4v) is 1.30. The van der Waals surface area contributed by atoms with Crippen molar-refractivity contribution in [2.24, 2.45) is 5.92 Å². The quantitative estimate of drug-likeness (QED) is 0.592. The van der Waals surface area contributed by atoms with E-state index >= 15 is 0 Å². The van der Waals surface area contributed by atoms with Gasteiger partial charge in [0.15, 0.2) is 0 Å². The highest BCUT2D eigenvalue weighted by molar-refractivity contribution is 6.11. The minimum Gasteiger partial charge on any atom is -0.397 e. The molecular formula is C9H19BO3. The normalized spacial score (nSPS) is 18.2. The van der Waals surface area contributed by atoms with Gasteiger partial charge in [0.1, 0.15) is 0 Å². The lowest BCUT2D eigenvalue weighted by atomic mass is 9.81. The Bertz CT molecular complexity index is 121. The van der Waals surface area contributed by atoms with Crippen LogP contribution in [0.1, 0.15) is 13.3 Å². The van der Waals surface area contributed by atoms with E-state index in [-0.39, 0.29) is 18.5 Å². The van der Waals surface area contributed by atoms with E-state index in [0.29, 0.717) is 18.9 Å². The van der Waals surface area contributed by atoms with Crippen LogP contribution in [0.5, 0.6) is 0 Å². The van der Waals surface area contributed by atoms with Gasteiger partial charge >= 0.3 is 0 Å². The van der Waals surface area contributed by atoms with Crippen LogP contribution >= 0.6 is 0 Å². The first-order chi connectivity index (χ1) is 6.15. The van der Waals surface area contributed by atoms with Gasteiger partial charge in [0.2, 0.25) is 0 Å². The summed E-state index contributed by atoms with van der Waals surface area (Å²) < 4.78 is 10.3. The van der Waals surface area contributed by atoms with E-state index in [2.05, 4.69) is 0 Å². The van der Waals surface area contributed by atoms with Crippen molar-refractivity contribution < 1.29 is 14.6 Å². The summed E-state index contributed by atoms with van der Waals surface area (Å²) in [6, 6.07) is 0. The van der Waals surface area contributed by atoms with Crippen molar-refractivity contribution in [3.05, 3.63) is 0 Å². The Morgan fingerprint density at radius 3 is 2.38 bits per heavy atom. The van der Waals surface area contributed by atoms with Gasteiger partial charge in [0, 0.05) is 26.7 Å². The number of rotatable bonds is 7. The molecule has 13 heavy (non-hydrogen) atoms. The zero-order chi connectivity index (χ0) is 10.3. The molecule has 0 aliphatic carbocycles. The molecule has 0 saturated heterocycles. The molecule has 0 spiro atoms. The van der Waals surface area contributed by atoms with E-state index in [9.17, 15) is 0 Å². The van der Waals surface area contributed by atoms with Crippen LogP contribution < -0.4 is 0 Å². The van der Waals surface area contributed by atoms with E-state index in [1.165, 1.54) is 0 Å². The molecule has 0 fully saturated rings. The predicted octanol–water partition coefficient (Wildman–Crippen LogP) is 0.623. The first-order valence-electron chi connectivity index (χ1n) is 4.53. The molecular weight excluding hydrogens is 167 g/mol. The number of ether oxygens (including phenoxy) is 2. The van der Waals surface area contributed by atoms with Gasteiger partial charge in [-0.05, 0) is 6.42 Å². The third kappa shape index (κ3) is 5.29. The van der Waals surface area contributed by atoms with Gasteiger partial charge in [0.05, 0.1) is 20.6 Å². The second-order valence-electron chi connectivity index (χ2n) is 3.39. The van der Waals surface area contributed by atoms with Gasteiger partial charge in [0.25, 0.3) is 0 Å². The molecule has 2 unspecified atom stereocenters. The predicted molar refractivity (Wildman–Crippen MR) is 53.0 cm³/mol. The van der Waals surface area contributed by atoms with Crippen molar-refractivity contribution in [1.82, 2.24) is 0 Å². The molecule has 0 heterocycles. The Hall–Kier alpha value is -0.0551. The summed E-state index contributed by atoms with van der Waals surface area (Å²) in [6.07, 6.45) is 0.722. The monoisotopic (exact) mass is 186 g/mol. The van der Waals surface area contributed by atoms with Gasteiger partial charge in [-0.2, -0.15) is 0 Å². The van der Waals surface area contributed by atoms with Crippen LogP contribution in [0.15, 0.2) is 0 Å². The fraction of sp³-hybridized carbons (Fsp3) is 1.00. The topological polar surface area (TPSA) is 38.7 Å². The summed E-state index contributed by atoms with van der Waals surface area (Å²) in [6.45, 7) is 2.69. The molecule has 0 rings (SSSR count). The summed E-state index contributed by atoms with van der Waals surface area (Å²) in [5, 5.41) is 8.78. The molecule has 0 amide bonds. The van der Waals surface area contributed by atoms with Crippen LogP contribution in [-0.4, -0.2) is 46.5 Å². The zero-order valence-corrected chi connectivity index (χ0v) is 8.69. The summed E-state index contributed by atoms with van der Waals surface area (Å²) >= 11 is 0. The van der Waals surface area contributed by atoms with Crippen LogP contribution in [0.4, 0.5) is 0 Å². The zero-order valence-electron chi connectivity index (χ0n) is 8.69. The van der Waals surface area contributed by atoms with Crippen molar-refractivity contribution in [3.8, 4) is 0 Å². The van der Waals surface area contributed by atoms with E-state index in [4.69, 9.17) is 22.4 Å². The maximum absolute atomic E-state index is 8.78. The maximum Gasteiger partial charge on any atom is 0.0731 e. The van der Waals surface area contributed by atoms with Crippen LogP contribution in [0, 0.1) is 5.92 Å². The molecule has 3 nitrogen and oxygen atoms in total. The van der Waals surface area contributed by atoms with Crippen molar-refractivity contribution in [2.45, 2.75) is 25.3 Å². The first-order valence-corrected chi connectivity index (χ1v) is 4.53. The Morgan fingerprint density at radius 2 is 2.00 bits per heavy atom. The van der Waals surface area contributed by atoms with E-state index in [0.717, 1.165) is 0 Å². The standard InChI is InChI=1S/C9H19BO3/c1-7(6-12-2)9(13-3)4-8(10)5-11/h7-9,11H,4-6H2,1-3H3/t7?,8-,9?/m1/s1. The minimum atomic E-state index is -0.204. The molecule has 0 saturated carbocycles. The Labute approximate surface area is 81.8 Å². The smallest absolute Gasteiger partial charge is 0.0731 e. The maximum atomic E-state index is 8.78.